The maximum absolute atomic E-state index is 12.3. The summed E-state index contributed by atoms with van der Waals surface area (Å²) >= 11 is 0. The number of oxime groups is 1. The average Bonchev–Trinajstić information content (AvgIpc) is 2.86. The van der Waals surface area contributed by atoms with Gasteiger partial charge in [-0.3, -0.25) is 9.48 Å². The third kappa shape index (κ3) is 3.09. The molecule has 1 heterocycles. The van der Waals surface area contributed by atoms with Crippen molar-refractivity contribution in [3.05, 3.63) is 18.0 Å². The number of hydrogen-bond acceptors (Lipinski definition) is 4. The molecule has 0 atom stereocenters. The van der Waals surface area contributed by atoms with Crippen molar-refractivity contribution in [1.82, 2.24) is 15.1 Å². The van der Waals surface area contributed by atoms with Crippen LogP contribution in [0.1, 0.15) is 32.4 Å². The second-order valence-electron chi connectivity index (χ2n) is 4.73. The molecular formula is C13H23N5O2. The van der Waals surface area contributed by atoms with Gasteiger partial charge in [0.25, 0.3) is 0 Å². The van der Waals surface area contributed by atoms with Crippen LogP contribution in [0.3, 0.4) is 0 Å². The number of carbonyl (C=O) groups is 1. The van der Waals surface area contributed by atoms with Crippen LogP contribution in [0.2, 0.25) is 0 Å². The van der Waals surface area contributed by atoms with Crippen molar-refractivity contribution < 1.29 is 10.0 Å². The number of nitrogens with one attached hydrogen (secondary N) is 1. The van der Waals surface area contributed by atoms with Crippen LogP contribution < -0.4 is 11.1 Å². The van der Waals surface area contributed by atoms with Gasteiger partial charge in [-0.15, -0.1) is 0 Å². The standard InChI is InChI=1S/C13H23N5O2/c1-4-13(5-2,11(14)17-20)12(19)15-8-6-10-7-9-16-18(10)3/h7,9,20H,4-6,8H2,1-3H3,(H2,14,17)(H,15,19). The number of carbonyl (C=O) groups excluding carboxylic acids is 1. The van der Waals surface area contributed by atoms with Gasteiger partial charge in [-0.2, -0.15) is 5.10 Å². The molecule has 0 radical (unpaired) electrons. The first-order chi connectivity index (χ1) is 9.51. The largest absolute Gasteiger partial charge is 0.409 e. The average molecular weight is 281 g/mol. The molecule has 1 aromatic heterocycles. The summed E-state index contributed by atoms with van der Waals surface area (Å²) < 4.78 is 1.77. The smallest absolute Gasteiger partial charge is 0.233 e. The number of aryl methyl sites for hydroxylation is 1. The Balaban J connectivity index is 2.66. The Kier molecular flexibility index (Phi) is 5.54. The zero-order valence-electron chi connectivity index (χ0n) is 12.3. The summed E-state index contributed by atoms with van der Waals surface area (Å²) in [5, 5.41) is 18.8. The lowest BCUT2D eigenvalue weighted by Gasteiger charge is -2.28. The van der Waals surface area contributed by atoms with Crippen LogP contribution in [0.5, 0.6) is 0 Å². The van der Waals surface area contributed by atoms with E-state index in [1.165, 1.54) is 0 Å². The van der Waals surface area contributed by atoms with Crippen molar-refractivity contribution in [2.24, 2.45) is 23.4 Å². The lowest BCUT2D eigenvalue weighted by molar-refractivity contribution is -0.127. The highest BCUT2D eigenvalue weighted by Gasteiger charge is 2.39. The highest BCUT2D eigenvalue weighted by Crippen LogP contribution is 2.26. The number of nitrogens with zero attached hydrogens (tertiary/aromatic N) is 3. The van der Waals surface area contributed by atoms with E-state index < -0.39 is 5.41 Å². The molecule has 20 heavy (non-hydrogen) atoms. The first kappa shape index (κ1) is 16.0. The normalized spacial score (nSPS) is 12.4. The van der Waals surface area contributed by atoms with Gasteiger partial charge in [0.1, 0.15) is 5.41 Å². The van der Waals surface area contributed by atoms with E-state index in [2.05, 4.69) is 15.6 Å². The van der Waals surface area contributed by atoms with Crippen LogP contribution in [-0.2, 0) is 18.3 Å². The monoisotopic (exact) mass is 281 g/mol. The first-order valence-corrected chi connectivity index (χ1v) is 6.75. The molecule has 4 N–H and O–H groups in total. The van der Waals surface area contributed by atoms with Crippen LogP contribution in [0.25, 0.3) is 0 Å². The van der Waals surface area contributed by atoms with Crippen molar-refractivity contribution >= 4 is 11.7 Å². The van der Waals surface area contributed by atoms with Crippen LogP contribution in [-0.4, -0.2) is 33.3 Å². The fourth-order valence-corrected chi connectivity index (χ4v) is 2.27. The quantitative estimate of drug-likeness (QED) is 0.295. The maximum Gasteiger partial charge on any atom is 0.233 e. The Morgan fingerprint density at radius 1 is 1.55 bits per heavy atom. The minimum Gasteiger partial charge on any atom is -0.409 e. The first-order valence-electron chi connectivity index (χ1n) is 6.75. The summed E-state index contributed by atoms with van der Waals surface area (Å²) in [5.41, 5.74) is 5.78. The number of amidine groups is 1. The van der Waals surface area contributed by atoms with Gasteiger partial charge in [0.2, 0.25) is 5.91 Å². The fourth-order valence-electron chi connectivity index (χ4n) is 2.27. The molecule has 0 aliphatic rings. The van der Waals surface area contributed by atoms with Crippen molar-refractivity contribution in [3.63, 3.8) is 0 Å². The predicted octanol–water partition coefficient (Wildman–Crippen LogP) is 0.632. The van der Waals surface area contributed by atoms with E-state index in [1.54, 1.807) is 10.9 Å². The molecule has 112 valence electrons. The van der Waals surface area contributed by atoms with Crippen LogP contribution >= 0.6 is 0 Å². The Hall–Kier alpha value is -2.05. The third-order valence-corrected chi connectivity index (χ3v) is 3.83. The number of rotatable bonds is 7. The molecule has 1 aromatic rings. The second-order valence-corrected chi connectivity index (χ2v) is 4.73. The lowest BCUT2D eigenvalue weighted by Crippen LogP contribution is -2.49. The van der Waals surface area contributed by atoms with Gasteiger partial charge in [0.15, 0.2) is 5.84 Å². The zero-order chi connectivity index (χ0) is 15.2. The molecule has 1 rings (SSSR count). The summed E-state index contributed by atoms with van der Waals surface area (Å²) in [7, 11) is 1.86. The Labute approximate surface area is 118 Å². The van der Waals surface area contributed by atoms with E-state index in [0.29, 0.717) is 25.8 Å². The number of amides is 1. The molecule has 0 unspecified atom stereocenters. The Bertz CT molecular complexity index is 477. The van der Waals surface area contributed by atoms with Crippen LogP contribution in [0.4, 0.5) is 0 Å². The van der Waals surface area contributed by atoms with E-state index in [1.807, 2.05) is 27.0 Å². The predicted molar refractivity (Wildman–Crippen MR) is 76.3 cm³/mol. The van der Waals surface area contributed by atoms with Gasteiger partial charge < -0.3 is 16.3 Å². The molecule has 0 spiro atoms. The molecule has 1 amide bonds. The third-order valence-electron chi connectivity index (χ3n) is 3.83. The van der Waals surface area contributed by atoms with E-state index in [4.69, 9.17) is 10.9 Å². The summed E-state index contributed by atoms with van der Waals surface area (Å²) in [4.78, 5) is 12.3. The molecule has 0 fully saturated rings. The summed E-state index contributed by atoms with van der Waals surface area (Å²) in [6.07, 6.45) is 3.37. The molecule has 0 aliphatic carbocycles. The van der Waals surface area contributed by atoms with Gasteiger partial charge >= 0.3 is 0 Å². The van der Waals surface area contributed by atoms with Crippen molar-refractivity contribution in [2.75, 3.05) is 6.54 Å². The van der Waals surface area contributed by atoms with Crippen molar-refractivity contribution in [3.8, 4) is 0 Å². The Morgan fingerprint density at radius 2 is 2.20 bits per heavy atom. The molecule has 7 nitrogen and oxygen atoms in total. The van der Waals surface area contributed by atoms with Crippen LogP contribution in [0, 0.1) is 5.41 Å². The van der Waals surface area contributed by atoms with Gasteiger partial charge in [-0.05, 0) is 18.9 Å². The Morgan fingerprint density at radius 3 is 2.65 bits per heavy atom. The van der Waals surface area contributed by atoms with E-state index in [-0.39, 0.29) is 11.7 Å². The SMILES string of the molecule is CCC(CC)(C(=O)NCCc1ccnn1C)C(N)=NO. The lowest BCUT2D eigenvalue weighted by atomic mass is 9.80. The molecule has 0 aliphatic heterocycles. The van der Waals surface area contributed by atoms with Gasteiger partial charge in [0, 0.05) is 31.9 Å². The fraction of sp³-hybridized carbons (Fsp3) is 0.615. The van der Waals surface area contributed by atoms with E-state index in [9.17, 15) is 4.79 Å². The zero-order valence-corrected chi connectivity index (χ0v) is 12.3. The van der Waals surface area contributed by atoms with Gasteiger partial charge in [0.05, 0.1) is 0 Å². The minimum absolute atomic E-state index is 0.0412. The topological polar surface area (TPSA) is 106 Å². The number of nitrogens with two attached hydrogens (primary N) is 1. The van der Waals surface area contributed by atoms with E-state index >= 15 is 0 Å². The van der Waals surface area contributed by atoms with Crippen LogP contribution in [0.15, 0.2) is 17.4 Å². The molecule has 7 heteroatoms. The van der Waals surface area contributed by atoms with Gasteiger partial charge in [-0.1, -0.05) is 19.0 Å². The summed E-state index contributed by atoms with van der Waals surface area (Å²) in [6.45, 7) is 4.18. The highest BCUT2D eigenvalue weighted by molar-refractivity contribution is 6.06. The molecule has 0 saturated heterocycles. The maximum atomic E-state index is 12.3. The molecule has 0 aromatic carbocycles. The molecule has 0 saturated carbocycles. The van der Waals surface area contributed by atoms with Crippen molar-refractivity contribution in [1.29, 1.82) is 0 Å². The van der Waals surface area contributed by atoms with Crippen molar-refractivity contribution in [2.45, 2.75) is 33.1 Å². The van der Waals surface area contributed by atoms with Gasteiger partial charge in [-0.25, -0.2) is 0 Å². The summed E-state index contributed by atoms with van der Waals surface area (Å²) in [5.74, 6) is -0.250. The number of aromatic nitrogens is 2. The summed E-state index contributed by atoms with van der Waals surface area (Å²) in [6, 6.07) is 1.91. The highest BCUT2D eigenvalue weighted by atomic mass is 16.4. The number of hydrogen-bond donors (Lipinski definition) is 3. The second kappa shape index (κ2) is 6.93. The van der Waals surface area contributed by atoms with E-state index in [0.717, 1.165) is 5.69 Å². The minimum atomic E-state index is -0.943. The molecular weight excluding hydrogens is 258 g/mol. The molecule has 0 bridgehead atoms.